The highest BCUT2D eigenvalue weighted by Crippen LogP contribution is 2.01. The van der Waals surface area contributed by atoms with Crippen LogP contribution in [0.1, 0.15) is 48.5 Å². The zero-order chi connectivity index (χ0) is 31.7. The van der Waals surface area contributed by atoms with Crippen LogP contribution in [-0.4, -0.2) is 87.7 Å². The monoisotopic (exact) mass is 583 g/mol. The highest BCUT2D eigenvalue weighted by molar-refractivity contribution is 5.85. The lowest BCUT2D eigenvalue weighted by Gasteiger charge is -2.19. The Labute approximate surface area is 242 Å². The van der Waals surface area contributed by atoms with Gasteiger partial charge in [0.15, 0.2) is 0 Å². The summed E-state index contributed by atoms with van der Waals surface area (Å²) in [4.78, 5) is 84.0. The third kappa shape index (κ3) is 15.6. The molecule has 0 fully saturated rings. The Balaban J connectivity index is 4.35. The molecule has 14 heteroatoms. The third-order valence-electron chi connectivity index (χ3n) is 6.50. The van der Waals surface area contributed by atoms with Gasteiger partial charge in [-0.2, -0.15) is 0 Å². The smallest absolute Gasteiger partial charge is 0.224 e. The van der Waals surface area contributed by atoms with E-state index in [1.54, 1.807) is 41.5 Å². The molecule has 0 saturated carbocycles. The van der Waals surface area contributed by atoms with E-state index in [1.807, 2.05) is 0 Å². The largest absolute Gasteiger partial charge is 0.359 e. The molecule has 7 amide bonds. The van der Waals surface area contributed by atoms with E-state index < -0.39 is 29.6 Å². The molecule has 0 aromatic carbocycles. The summed E-state index contributed by atoms with van der Waals surface area (Å²) < 4.78 is 0. The van der Waals surface area contributed by atoms with E-state index in [1.165, 1.54) is 14.0 Å². The first-order valence-electron chi connectivity index (χ1n) is 13.9. The molecule has 0 spiro atoms. The Morgan fingerprint density at radius 3 is 0.780 bits per heavy atom. The van der Waals surface area contributed by atoms with E-state index in [0.29, 0.717) is 0 Å². The summed E-state index contributed by atoms with van der Waals surface area (Å²) in [6.45, 7) is 12.1. The van der Waals surface area contributed by atoms with Crippen LogP contribution in [0.25, 0.3) is 0 Å². The lowest BCUT2D eigenvalue weighted by Crippen LogP contribution is -2.45. The van der Waals surface area contributed by atoms with Crippen molar-refractivity contribution in [3.05, 3.63) is 0 Å². The van der Waals surface area contributed by atoms with E-state index in [2.05, 4.69) is 37.2 Å². The topological polar surface area (TPSA) is 204 Å². The van der Waals surface area contributed by atoms with Gasteiger partial charge in [0.05, 0.1) is 35.5 Å². The van der Waals surface area contributed by atoms with Crippen LogP contribution in [0, 0.1) is 35.5 Å². The van der Waals surface area contributed by atoms with Gasteiger partial charge in [0, 0.05) is 53.2 Å². The average Bonchev–Trinajstić information content (AvgIpc) is 2.95. The average molecular weight is 584 g/mol. The lowest BCUT2D eigenvalue weighted by molar-refractivity contribution is -0.128. The molecule has 0 aliphatic rings. The van der Waals surface area contributed by atoms with Crippen molar-refractivity contribution in [1.29, 1.82) is 0 Å². The fourth-order valence-electron chi connectivity index (χ4n) is 3.24. The van der Waals surface area contributed by atoms with Crippen molar-refractivity contribution in [3.8, 4) is 0 Å². The highest BCUT2D eigenvalue weighted by atomic mass is 16.2. The Hall–Kier alpha value is -3.71. The van der Waals surface area contributed by atoms with Crippen LogP contribution in [0.15, 0.2) is 0 Å². The lowest BCUT2D eigenvalue weighted by atomic mass is 10.1. The fraction of sp³-hybridized carbons (Fsp3) is 0.741. The van der Waals surface area contributed by atoms with Gasteiger partial charge in [-0.1, -0.05) is 41.5 Å². The number of nitrogens with one attached hydrogen (secondary N) is 7. The first-order valence-corrected chi connectivity index (χ1v) is 13.9. The molecular weight excluding hydrogens is 534 g/mol. The van der Waals surface area contributed by atoms with Crippen molar-refractivity contribution < 1.29 is 33.6 Å². The van der Waals surface area contributed by atoms with Crippen LogP contribution < -0.4 is 37.2 Å². The quantitative estimate of drug-likeness (QED) is 0.0992. The summed E-state index contributed by atoms with van der Waals surface area (Å²) in [5.74, 6) is -4.95. The number of rotatable bonds is 18. The number of carbonyl (C=O) groups excluding carboxylic acids is 7. The van der Waals surface area contributed by atoms with Gasteiger partial charge < -0.3 is 37.2 Å². The Bertz CT molecular complexity index is 928. The summed E-state index contributed by atoms with van der Waals surface area (Å²) in [5, 5.41) is 18.5. The molecule has 0 radical (unpaired) electrons. The molecule has 7 N–H and O–H groups in total. The molecular formula is C27H49N7O7. The van der Waals surface area contributed by atoms with Gasteiger partial charge in [0.2, 0.25) is 41.4 Å². The Kier molecular flexibility index (Phi) is 17.6. The number of amides is 7. The van der Waals surface area contributed by atoms with Crippen LogP contribution in [0.5, 0.6) is 0 Å². The summed E-state index contributed by atoms with van der Waals surface area (Å²) >= 11 is 0. The minimum atomic E-state index is -0.561. The van der Waals surface area contributed by atoms with Crippen LogP contribution in [0.4, 0.5) is 0 Å². The Morgan fingerprint density at radius 2 is 0.585 bits per heavy atom. The highest BCUT2D eigenvalue weighted by Gasteiger charge is 2.22. The maximum atomic E-state index is 12.4. The SMILES string of the molecule is CNC(=O)[C@@H](C)CNC(=O)[C@@H](C)CNC(=O)[C@@H](C)CNC(=O)[C@@H](C)CNC(=O)[C@@H](C)CNC(=O)[C@@H](C)CNC(C)=O. The summed E-state index contributed by atoms with van der Waals surface area (Å²) in [6.07, 6.45) is 0. The number of carbonyl (C=O) groups is 7. The molecule has 0 aliphatic heterocycles. The molecule has 0 unspecified atom stereocenters. The molecule has 0 bridgehead atoms. The van der Waals surface area contributed by atoms with Crippen LogP contribution in [0.2, 0.25) is 0 Å². The predicted octanol–water partition coefficient (Wildman–Crippen LogP) is -1.73. The van der Waals surface area contributed by atoms with Crippen molar-refractivity contribution in [2.45, 2.75) is 48.5 Å². The van der Waals surface area contributed by atoms with Gasteiger partial charge in [0.1, 0.15) is 0 Å². The zero-order valence-electron chi connectivity index (χ0n) is 25.6. The number of hydrogen-bond acceptors (Lipinski definition) is 7. The standard InChI is InChI=1S/C27H49N7O7/c1-15(22(36)28-8)10-30-24(38)17(3)12-32-26(40)19(5)14-34-27(41)20(6)13-33-25(39)18(4)11-31-23(37)16(2)9-29-21(7)35/h15-20H,9-14H2,1-8H3,(H,28,36)(H,29,35)(H,30,38)(H,31,37)(H,32,40)(H,33,39)(H,34,41)/t15-,16-,17-,18-,19-,20-/m0/s1. The van der Waals surface area contributed by atoms with Crippen LogP contribution in [0.3, 0.4) is 0 Å². The van der Waals surface area contributed by atoms with Gasteiger partial charge in [-0.25, -0.2) is 0 Å². The van der Waals surface area contributed by atoms with Gasteiger partial charge >= 0.3 is 0 Å². The van der Waals surface area contributed by atoms with Crippen molar-refractivity contribution in [3.63, 3.8) is 0 Å². The first kappa shape index (κ1) is 37.3. The second kappa shape index (κ2) is 19.4. The zero-order valence-corrected chi connectivity index (χ0v) is 25.6. The normalized spacial score (nSPS) is 15.0. The van der Waals surface area contributed by atoms with Gasteiger partial charge in [-0.3, -0.25) is 33.6 Å². The maximum Gasteiger partial charge on any atom is 0.224 e. The fourth-order valence-corrected chi connectivity index (χ4v) is 3.24. The van der Waals surface area contributed by atoms with E-state index in [9.17, 15) is 33.6 Å². The van der Waals surface area contributed by atoms with Crippen LogP contribution >= 0.6 is 0 Å². The molecule has 0 heterocycles. The molecule has 0 aliphatic carbocycles. The summed E-state index contributed by atoms with van der Waals surface area (Å²) in [6, 6.07) is 0. The van der Waals surface area contributed by atoms with Crippen molar-refractivity contribution >= 4 is 41.4 Å². The predicted molar refractivity (Wildman–Crippen MR) is 153 cm³/mol. The van der Waals surface area contributed by atoms with E-state index >= 15 is 0 Å². The minimum Gasteiger partial charge on any atom is -0.359 e. The van der Waals surface area contributed by atoms with Crippen molar-refractivity contribution in [2.75, 3.05) is 46.3 Å². The van der Waals surface area contributed by atoms with Gasteiger partial charge in [-0.05, 0) is 0 Å². The maximum absolute atomic E-state index is 12.4. The Morgan fingerprint density at radius 1 is 0.390 bits per heavy atom. The molecule has 0 aromatic heterocycles. The molecule has 41 heavy (non-hydrogen) atoms. The van der Waals surface area contributed by atoms with Crippen LogP contribution in [-0.2, 0) is 33.6 Å². The van der Waals surface area contributed by atoms with Gasteiger partial charge in [0.25, 0.3) is 0 Å². The van der Waals surface area contributed by atoms with E-state index in [0.717, 1.165) is 0 Å². The minimum absolute atomic E-state index is 0.0757. The van der Waals surface area contributed by atoms with Gasteiger partial charge in [-0.15, -0.1) is 0 Å². The molecule has 0 aromatic rings. The molecule has 0 rings (SSSR count). The molecule has 6 atom stereocenters. The third-order valence-corrected chi connectivity index (χ3v) is 6.50. The van der Waals surface area contributed by atoms with Crippen molar-refractivity contribution in [2.24, 2.45) is 35.5 Å². The van der Waals surface area contributed by atoms with E-state index in [4.69, 9.17) is 0 Å². The summed E-state index contributed by atoms with van der Waals surface area (Å²) in [5.41, 5.74) is 0. The summed E-state index contributed by atoms with van der Waals surface area (Å²) in [7, 11) is 1.52. The second-order valence-electron chi connectivity index (χ2n) is 10.7. The number of hydrogen-bond donors (Lipinski definition) is 7. The second-order valence-corrected chi connectivity index (χ2v) is 10.7. The molecule has 14 nitrogen and oxygen atoms in total. The first-order chi connectivity index (χ1) is 19.1. The van der Waals surface area contributed by atoms with E-state index in [-0.39, 0.29) is 86.5 Å². The molecule has 0 saturated heterocycles. The van der Waals surface area contributed by atoms with Crippen molar-refractivity contribution in [1.82, 2.24) is 37.2 Å². The molecule has 234 valence electrons.